The van der Waals surface area contributed by atoms with E-state index < -0.39 is 5.60 Å². The zero-order chi connectivity index (χ0) is 12.2. The second kappa shape index (κ2) is 5.30. The van der Waals surface area contributed by atoms with Crippen LogP contribution in [0.5, 0.6) is 0 Å². The van der Waals surface area contributed by atoms with Crippen LogP contribution in [0.2, 0.25) is 0 Å². The molecule has 90 valence electrons. The van der Waals surface area contributed by atoms with Gasteiger partial charge in [-0.2, -0.15) is 5.10 Å². The highest BCUT2D eigenvalue weighted by Gasteiger charge is 2.22. The lowest BCUT2D eigenvalue weighted by Gasteiger charge is -2.22. The predicted octanol–water partition coefficient (Wildman–Crippen LogP) is 2.47. The molecule has 3 nitrogen and oxygen atoms in total. The van der Waals surface area contributed by atoms with Gasteiger partial charge >= 0.3 is 0 Å². The van der Waals surface area contributed by atoms with Gasteiger partial charge in [-0.15, -0.1) is 6.58 Å². The fourth-order valence-corrected chi connectivity index (χ4v) is 1.91. The predicted molar refractivity (Wildman–Crippen MR) is 66.4 cm³/mol. The van der Waals surface area contributed by atoms with Crippen molar-refractivity contribution in [1.29, 1.82) is 0 Å². The second-order valence-electron chi connectivity index (χ2n) is 4.59. The summed E-state index contributed by atoms with van der Waals surface area (Å²) in [4.78, 5) is 0. The minimum atomic E-state index is -0.673. The molecule has 0 saturated carbocycles. The molecule has 1 rings (SSSR count). The van der Waals surface area contributed by atoms with Gasteiger partial charge in [0.05, 0.1) is 11.3 Å². The van der Waals surface area contributed by atoms with Gasteiger partial charge in [-0.1, -0.05) is 6.08 Å². The van der Waals surface area contributed by atoms with Crippen LogP contribution in [0, 0.1) is 6.92 Å². The lowest BCUT2D eigenvalue weighted by molar-refractivity contribution is 0.0502. The summed E-state index contributed by atoms with van der Waals surface area (Å²) >= 11 is 0. The summed E-state index contributed by atoms with van der Waals surface area (Å²) in [5, 5.41) is 14.6. The largest absolute Gasteiger partial charge is 0.390 e. The monoisotopic (exact) mass is 222 g/mol. The molecule has 1 atom stereocenters. The first-order chi connectivity index (χ1) is 7.48. The van der Waals surface area contributed by atoms with Crippen molar-refractivity contribution in [2.75, 3.05) is 0 Å². The summed E-state index contributed by atoms with van der Waals surface area (Å²) in [6, 6.07) is 2.05. The summed E-state index contributed by atoms with van der Waals surface area (Å²) in [5.41, 5.74) is 1.44. The summed E-state index contributed by atoms with van der Waals surface area (Å²) in [5.74, 6) is 0. The van der Waals surface area contributed by atoms with Crippen molar-refractivity contribution in [3.8, 4) is 0 Å². The SMILES string of the molecule is C=CCCC(C)(O)Cc1cc(C)nn1CC. The quantitative estimate of drug-likeness (QED) is 0.751. The molecule has 0 saturated heterocycles. The van der Waals surface area contributed by atoms with Crippen LogP contribution in [0.1, 0.15) is 38.1 Å². The molecule has 1 aromatic rings. The Morgan fingerprint density at radius 1 is 1.62 bits per heavy atom. The number of rotatable bonds is 6. The van der Waals surface area contributed by atoms with Gasteiger partial charge in [0.25, 0.3) is 0 Å². The van der Waals surface area contributed by atoms with E-state index in [4.69, 9.17) is 0 Å². The molecule has 3 heteroatoms. The van der Waals surface area contributed by atoms with Crippen molar-refractivity contribution in [2.45, 2.75) is 52.2 Å². The van der Waals surface area contributed by atoms with E-state index in [1.807, 2.05) is 30.7 Å². The second-order valence-corrected chi connectivity index (χ2v) is 4.59. The minimum absolute atomic E-state index is 0.648. The number of nitrogens with zero attached hydrogens (tertiary/aromatic N) is 2. The Labute approximate surface area is 97.8 Å². The van der Waals surface area contributed by atoms with Crippen molar-refractivity contribution >= 4 is 0 Å². The van der Waals surface area contributed by atoms with E-state index in [-0.39, 0.29) is 0 Å². The molecule has 0 bridgehead atoms. The Morgan fingerprint density at radius 3 is 2.88 bits per heavy atom. The van der Waals surface area contributed by atoms with Gasteiger partial charge in [-0.25, -0.2) is 0 Å². The van der Waals surface area contributed by atoms with Crippen molar-refractivity contribution < 1.29 is 5.11 Å². The molecule has 1 heterocycles. The Morgan fingerprint density at radius 2 is 2.31 bits per heavy atom. The van der Waals surface area contributed by atoms with E-state index >= 15 is 0 Å². The Kier molecular flexibility index (Phi) is 4.30. The van der Waals surface area contributed by atoms with E-state index in [9.17, 15) is 5.11 Å². The number of aliphatic hydroxyl groups is 1. The third kappa shape index (κ3) is 3.49. The maximum atomic E-state index is 10.2. The molecule has 0 fully saturated rings. The van der Waals surface area contributed by atoms with E-state index in [0.29, 0.717) is 6.42 Å². The highest BCUT2D eigenvalue weighted by atomic mass is 16.3. The lowest BCUT2D eigenvalue weighted by Crippen LogP contribution is -2.28. The van der Waals surface area contributed by atoms with Crippen molar-refractivity contribution in [3.63, 3.8) is 0 Å². The molecule has 0 aliphatic heterocycles. The maximum Gasteiger partial charge on any atom is 0.0677 e. The molecule has 16 heavy (non-hydrogen) atoms. The molecule has 0 amide bonds. The molecule has 0 aromatic carbocycles. The number of hydrogen-bond acceptors (Lipinski definition) is 2. The molecule has 0 radical (unpaired) electrons. The standard InChI is InChI=1S/C13H22N2O/c1-5-7-8-13(4,16)10-12-9-11(3)14-15(12)6-2/h5,9,16H,1,6-8,10H2,2-4H3. The fourth-order valence-electron chi connectivity index (χ4n) is 1.91. The van der Waals surface area contributed by atoms with Crippen LogP contribution in [0.3, 0.4) is 0 Å². The Hall–Kier alpha value is -1.09. The highest BCUT2D eigenvalue weighted by Crippen LogP contribution is 2.19. The normalized spacial score (nSPS) is 14.8. The third-order valence-corrected chi connectivity index (χ3v) is 2.73. The molecular formula is C13H22N2O. The van der Waals surface area contributed by atoms with Crippen molar-refractivity contribution in [2.24, 2.45) is 0 Å². The van der Waals surface area contributed by atoms with Gasteiger partial charge in [0.1, 0.15) is 0 Å². The summed E-state index contributed by atoms with van der Waals surface area (Å²) in [6.07, 6.45) is 4.07. The molecule has 0 spiro atoms. The number of aromatic nitrogens is 2. The van der Waals surface area contributed by atoms with Crippen LogP contribution in [0.15, 0.2) is 18.7 Å². The maximum absolute atomic E-state index is 10.2. The van der Waals surface area contributed by atoms with E-state index in [0.717, 1.165) is 30.8 Å². The fraction of sp³-hybridized carbons (Fsp3) is 0.615. The Bertz CT molecular complexity index is 353. The highest BCUT2D eigenvalue weighted by molar-refractivity contribution is 5.11. The first-order valence-electron chi connectivity index (χ1n) is 5.85. The molecule has 0 aliphatic carbocycles. The van der Waals surface area contributed by atoms with Crippen LogP contribution in [0.25, 0.3) is 0 Å². The summed E-state index contributed by atoms with van der Waals surface area (Å²) in [6.45, 7) is 10.4. The lowest BCUT2D eigenvalue weighted by atomic mass is 9.94. The van der Waals surface area contributed by atoms with Crippen LogP contribution in [0.4, 0.5) is 0 Å². The number of hydrogen-bond donors (Lipinski definition) is 1. The summed E-state index contributed by atoms with van der Waals surface area (Å²) in [7, 11) is 0. The molecular weight excluding hydrogens is 200 g/mol. The third-order valence-electron chi connectivity index (χ3n) is 2.73. The van der Waals surface area contributed by atoms with Gasteiger partial charge in [-0.05, 0) is 39.7 Å². The van der Waals surface area contributed by atoms with Gasteiger partial charge in [0, 0.05) is 18.7 Å². The first-order valence-corrected chi connectivity index (χ1v) is 5.85. The zero-order valence-electron chi connectivity index (χ0n) is 10.5. The van der Waals surface area contributed by atoms with Crippen molar-refractivity contribution in [3.05, 3.63) is 30.1 Å². The van der Waals surface area contributed by atoms with E-state index in [2.05, 4.69) is 18.6 Å². The first kappa shape index (κ1) is 13.0. The van der Waals surface area contributed by atoms with Crippen LogP contribution in [-0.4, -0.2) is 20.5 Å². The van der Waals surface area contributed by atoms with Crippen molar-refractivity contribution in [1.82, 2.24) is 9.78 Å². The number of aryl methyl sites for hydroxylation is 2. The number of allylic oxidation sites excluding steroid dienone is 1. The average Bonchev–Trinajstić information content (AvgIpc) is 2.55. The summed E-state index contributed by atoms with van der Waals surface area (Å²) < 4.78 is 1.96. The van der Waals surface area contributed by atoms with Gasteiger partial charge in [0.15, 0.2) is 0 Å². The van der Waals surface area contributed by atoms with Crippen LogP contribution in [-0.2, 0) is 13.0 Å². The molecule has 1 aromatic heterocycles. The minimum Gasteiger partial charge on any atom is -0.390 e. The van der Waals surface area contributed by atoms with Crippen LogP contribution >= 0.6 is 0 Å². The molecule has 0 aliphatic rings. The smallest absolute Gasteiger partial charge is 0.0677 e. The van der Waals surface area contributed by atoms with Gasteiger partial charge in [0.2, 0.25) is 0 Å². The zero-order valence-corrected chi connectivity index (χ0v) is 10.5. The molecule has 1 N–H and O–H groups in total. The van der Waals surface area contributed by atoms with Gasteiger partial charge < -0.3 is 5.11 Å². The van der Waals surface area contributed by atoms with E-state index in [1.165, 1.54) is 0 Å². The Balaban J connectivity index is 2.74. The van der Waals surface area contributed by atoms with Crippen LogP contribution < -0.4 is 0 Å². The van der Waals surface area contributed by atoms with Gasteiger partial charge in [-0.3, -0.25) is 4.68 Å². The topological polar surface area (TPSA) is 38.1 Å². The van der Waals surface area contributed by atoms with E-state index in [1.54, 1.807) is 0 Å². The average molecular weight is 222 g/mol. The molecule has 1 unspecified atom stereocenters.